The van der Waals surface area contributed by atoms with Crippen LogP contribution in [0.15, 0.2) is 18.2 Å². The van der Waals surface area contributed by atoms with Crippen LogP contribution in [0.1, 0.15) is 38.2 Å². The Morgan fingerprint density at radius 1 is 1.35 bits per heavy atom. The van der Waals surface area contributed by atoms with Crippen LogP contribution in [0.2, 0.25) is 0 Å². The summed E-state index contributed by atoms with van der Waals surface area (Å²) >= 11 is 0. The minimum Gasteiger partial charge on any atom is -0.477 e. The lowest BCUT2D eigenvalue weighted by Crippen LogP contribution is -2.35. The van der Waals surface area contributed by atoms with Crippen LogP contribution in [-0.2, 0) is 0 Å². The second-order valence-corrected chi connectivity index (χ2v) is 4.83. The van der Waals surface area contributed by atoms with Crippen LogP contribution in [0.25, 0.3) is 0 Å². The molecule has 0 saturated heterocycles. The largest absolute Gasteiger partial charge is 0.477 e. The Kier molecular flexibility index (Phi) is 4.49. The molecule has 1 rings (SSSR count). The van der Waals surface area contributed by atoms with Crippen molar-refractivity contribution in [2.75, 3.05) is 11.4 Å². The number of carboxylic acids is 1. The van der Waals surface area contributed by atoms with Crippen LogP contribution in [0, 0.1) is 5.92 Å². The number of rotatable bonds is 5. The topological polar surface area (TPSA) is 53.4 Å². The third-order valence-electron chi connectivity index (χ3n) is 2.43. The molecule has 0 radical (unpaired) electrons. The second-order valence-electron chi connectivity index (χ2n) is 4.83. The van der Waals surface area contributed by atoms with Gasteiger partial charge in [0.1, 0.15) is 5.82 Å². The van der Waals surface area contributed by atoms with E-state index in [2.05, 4.69) is 37.6 Å². The van der Waals surface area contributed by atoms with Gasteiger partial charge in [0.25, 0.3) is 0 Å². The molecule has 0 aliphatic rings. The molecule has 4 nitrogen and oxygen atoms in total. The van der Waals surface area contributed by atoms with Gasteiger partial charge in [-0.05, 0) is 31.9 Å². The number of carbonyl (C=O) groups is 1. The van der Waals surface area contributed by atoms with Crippen LogP contribution in [-0.4, -0.2) is 28.6 Å². The monoisotopic (exact) mass is 236 g/mol. The number of anilines is 1. The van der Waals surface area contributed by atoms with Crippen molar-refractivity contribution in [1.29, 1.82) is 0 Å². The lowest BCUT2D eigenvalue weighted by molar-refractivity contribution is 0.0690. The molecule has 1 aromatic heterocycles. The molecule has 1 N–H and O–H groups in total. The maximum atomic E-state index is 10.9. The van der Waals surface area contributed by atoms with Gasteiger partial charge < -0.3 is 10.0 Å². The minimum absolute atomic E-state index is 0.0944. The number of nitrogens with zero attached hydrogens (tertiary/aromatic N) is 2. The molecule has 0 atom stereocenters. The van der Waals surface area contributed by atoms with Crippen LogP contribution in [0.5, 0.6) is 0 Å². The summed E-state index contributed by atoms with van der Waals surface area (Å²) in [6, 6.07) is 5.41. The molecule has 0 unspecified atom stereocenters. The standard InChI is InChI=1S/C13H20N2O2/c1-9(2)8-15(10(3)4)12-7-5-6-11(14-12)13(16)17/h5-7,9-10H,8H2,1-4H3,(H,16,17). The van der Waals surface area contributed by atoms with Crippen molar-refractivity contribution in [3.63, 3.8) is 0 Å². The van der Waals surface area contributed by atoms with Crippen molar-refractivity contribution in [2.45, 2.75) is 33.7 Å². The normalized spacial score (nSPS) is 10.9. The molecule has 0 aromatic carbocycles. The molecule has 17 heavy (non-hydrogen) atoms. The highest BCUT2D eigenvalue weighted by molar-refractivity contribution is 5.85. The predicted octanol–water partition coefficient (Wildman–Crippen LogP) is 2.65. The van der Waals surface area contributed by atoms with Crippen LogP contribution < -0.4 is 4.90 Å². The lowest BCUT2D eigenvalue weighted by Gasteiger charge is -2.29. The van der Waals surface area contributed by atoms with E-state index in [1.165, 1.54) is 6.07 Å². The van der Waals surface area contributed by atoms with E-state index in [1.807, 2.05) is 6.07 Å². The summed E-state index contributed by atoms with van der Waals surface area (Å²) in [5, 5.41) is 8.93. The Balaban J connectivity index is 3.01. The highest BCUT2D eigenvalue weighted by Gasteiger charge is 2.15. The first-order valence-corrected chi connectivity index (χ1v) is 5.88. The Bertz CT molecular complexity index is 389. The van der Waals surface area contributed by atoms with Gasteiger partial charge in [0.15, 0.2) is 5.69 Å². The summed E-state index contributed by atoms with van der Waals surface area (Å²) in [6.45, 7) is 9.30. The van der Waals surface area contributed by atoms with E-state index in [1.54, 1.807) is 6.07 Å². The second kappa shape index (κ2) is 5.66. The summed E-state index contributed by atoms with van der Waals surface area (Å²) in [6.07, 6.45) is 0. The van der Waals surface area contributed by atoms with E-state index in [4.69, 9.17) is 5.11 Å². The molecule has 4 heteroatoms. The first-order valence-electron chi connectivity index (χ1n) is 5.88. The van der Waals surface area contributed by atoms with Gasteiger partial charge in [-0.1, -0.05) is 19.9 Å². The van der Waals surface area contributed by atoms with Gasteiger partial charge in [-0.15, -0.1) is 0 Å². The molecule has 0 bridgehead atoms. The van der Waals surface area contributed by atoms with Gasteiger partial charge in [-0.2, -0.15) is 0 Å². The first kappa shape index (κ1) is 13.5. The van der Waals surface area contributed by atoms with Gasteiger partial charge in [-0.25, -0.2) is 9.78 Å². The van der Waals surface area contributed by atoms with Crippen LogP contribution in [0.4, 0.5) is 5.82 Å². The molecular formula is C13H20N2O2. The van der Waals surface area contributed by atoms with Gasteiger partial charge in [-0.3, -0.25) is 0 Å². The van der Waals surface area contributed by atoms with E-state index in [0.29, 0.717) is 12.0 Å². The summed E-state index contributed by atoms with van der Waals surface area (Å²) in [7, 11) is 0. The third-order valence-corrected chi connectivity index (χ3v) is 2.43. The van der Waals surface area contributed by atoms with E-state index in [9.17, 15) is 4.79 Å². The average Bonchev–Trinajstić information content (AvgIpc) is 2.25. The molecular weight excluding hydrogens is 216 g/mol. The average molecular weight is 236 g/mol. The third kappa shape index (κ3) is 3.73. The number of aromatic carboxylic acids is 1. The smallest absolute Gasteiger partial charge is 0.354 e. The number of hydrogen-bond donors (Lipinski definition) is 1. The predicted molar refractivity (Wildman–Crippen MR) is 68.5 cm³/mol. The van der Waals surface area contributed by atoms with E-state index in [0.717, 1.165) is 12.4 Å². The first-order chi connectivity index (χ1) is 7.91. The molecule has 0 amide bonds. The zero-order valence-electron chi connectivity index (χ0n) is 10.8. The quantitative estimate of drug-likeness (QED) is 0.854. The number of hydrogen-bond acceptors (Lipinski definition) is 3. The summed E-state index contributed by atoms with van der Waals surface area (Å²) in [5.74, 6) is 0.251. The fourth-order valence-electron chi connectivity index (χ4n) is 1.66. The molecule has 0 aliphatic heterocycles. The van der Waals surface area contributed by atoms with E-state index < -0.39 is 5.97 Å². The summed E-state index contributed by atoms with van der Waals surface area (Å²) < 4.78 is 0. The van der Waals surface area contributed by atoms with E-state index in [-0.39, 0.29) is 5.69 Å². The van der Waals surface area contributed by atoms with Crippen molar-refractivity contribution in [2.24, 2.45) is 5.92 Å². The molecule has 0 spiro atoms. The summed E-state index contributed by atoms with van der Waals surface area (Å²) in [5.41, 5.74) is 0.0944. The van der Waals surface area contributed by atoms with Gasteiger partial charge in [0, 0.05) is 12.6 Å². The van der Waals surface area contributed by atoms with Gasteiger partial charge in [0.05, 0.1) is 0 Å². The Morgan fingerprint density at radius 3 is 2.47 bits per heavy atom. The zero-order valence-corrected chi connectivity index (χ0v) is 10.8. The van der Waals surface area contributed by atoms with Crippen molar-refractivity contribution in [3.05, 3.63) is 23.9 Å². The summed E-state index contributed by atoms with van der Waals surface area (Å²) in [4.78, 5) is 17.2. The SMILES string of the molecule is CC(C)CN(c1cccc(C(=O)O)n1)C(C)C. The molecule has 94 valence electrons. The highest BCUT2D eigenvalue weighted by atomic mass is 16.4. The van der Waals surface area contributed by atoms with E-state index >= 15 is 0 Å². The molecule has 0 fully saturated rings. The number of pyridine rings is 1. The fraction of sp³-hybridized carbons (Fsp3) is 0.538. The zero-order chi connectivity index (χ0) is 13.0. The van der Waals surface area contributed by atoms with Crippen LogP contribution in [0.3, 0.4) is 0 Å². The minimum atomic E-state index is -0.986. The molecule has 1 heterocycles. The maximum absolute atomic E-state index is 10.9. The number of carboxylic acid groups (broad SMARTS) is 1. The Morgan fingerprint density at radius 2 is 2.00 bits per heavy atom. The Hall–Kier alpha value is -1.58. The van der Waals surface area contributed by atoms with Crippen LogP contribution >= 0.6 is 0 Å². The lowest BCUT2D eigenvalue weighted by atomic mass is 10.1. The molecule has 0 saturated carbocycles. The van der Waals surface area contributed by atoms with Crippen molar-refractivity contribution >= 4 is 11.8 Å². The highest BCUT2D eigenvalue weighted by Crippen LogP contribution is 2.16. The van der Waals surface area contributed by atoms with Crippen molar-refractivity contribution in [3.8, 4) is 0 Å². The molecule has 1 aromatic rings. The number of aromatic nitrogens is 1. The molecule has 0 aliphatic carbocycles. The van der Waals surface area contributed by atoms with Gasteiger partial charge >= 0.3 is 5.97 Å². The Labute approximate surface area is 102 Å². The maximum Gasteiger partial charge on any atom is 0.354 e. The van der Waals surface area contributed by atoms with Gasteiger partial charge in [0.2, 0.25) is 0 Å². The van der Waals surface area contributed by atoms with Crippen molar-refractivity contribution in [1.82, 2.24) is 4.98 Å². The fourth-order valence-corrected chi connectivity index (χ4v) is 1.66. The van der Waals surface area contributed by atoms with Crippen molar-refractivity contribution < 1.29 is 9.90 Å².